The summed E-state index contributed by atoms with van der Waals surface area (Å²) in [5.41, 5.74) is 0.311. The maximum absolute atomic E-state index is 13.9. The number of likely N-dealkylation sites (N-methyl/N-ethyl adjacent to an activating group) is 1. The van der Waals surface area contributed by atoms with Crippen molar-refractivity contribution in [1.29, 1.82) is 0 Å². The summed E-state index contributed by atoms with van der Waals surface area (Å²) < 4.78 is 32.0. The Morgan fingerprint density at radius 1 is 1.33 bits per heavy atom. The number of Topliss-reactive ketones (excluding diaryl/α,β-unsaturated/α-hetero) is 1. The monoisotopic (exact) mass is 339 g/mol. The minimum Gasteiger partial charge on any atom is -0.466 e. The summed E-state index contributed by atoms with van der Waals surface area (Å²) in [7, 11) is 1.91. The van der Waals surface area contributed by atoms with Crippen molar-refractivity contribution in [2.75, 3.05) is 20.2 Å². The molecule has 1 aliphatic heterocycles. The maximum atomic E-state index is 13.9. The van der Waals surface area contributed by atoms with E-state index in [0.29, 0.717) is 31.4 Å². The van der Waals surface area contributed by atoms with Gasteiger partial charge in [-0.05, 0) is 63.5 Å². The molecule has 1 aliphatic rings. The molecule has 0 amide bonds. The van der Waals surface area contributed by atoms with Crippen LogP contribution in [0.4, 0.5) is 8.78 Å². The van der Waals surface area contributed by atoms with Crippen LogP contribution >= 0.6 is 0 Å². The van der Waals surface area contributed by atoms with E-state index in [4.69, 9.17) is 4.74 Å². The molecule has 1 fully saturated rings. The van der Waals surface area contributed by atoms with Gasteiger partial charge in [-0.1, -0.05) is 0 Å². The lowest BCUT2D eigenvalue weighted by Gasteiger charge is -2.36. The Morgan fingerprint density at radius 3 is 2.79 bits per heavy atom. The second kappa shape index (κ2) is 8.33. The molecule has 1 aromatic carbocycles. The van der Waals surface area contributed by atoms with Crippen molar-refractivity contribution in [2.45, 2.75) is 38.6 Å². The van der Waals surface area contributed by atoms with Crippen LogP contribution in [-0.4, -0.2) is 42.9 Å². The number of carbonyl (C=O) groups is 2. The number of carbonyl (C=O) groups excluding carboxylic acids is 2. The van der Waals surface area contributed by atoms with Gasteiger partial charge in [0.25, 0.3) is 0 Å². The van der Waals surface area contributed by atoms with E-state index in [2.05, 4.69) is 4.90 Å². The summed E-state index contributed by atoms with van der Waals surface area (Å²) >= 11 is 0. The predicted octanol–water partition coefficient (Wildman–Crippen LogP) is 2.74. The number of hydrogen-bond acceptors (Lipinski definition) is 4. The summed E-state index contributed by atoms with van der Waals surface area (Å²) in [4.78, 5) is 25.8. The minimum atomic E-state index is -0.505. The van der Waals surface area contributed by atoms with E-state index >= 15 is 0 Å². The molecule has 0 aromatic heterocycles. The van der Waals surface area contributed by atoms with Crippen molar-refractivity contribution in [1.82, 2.24) is 4.90 Å². The molecule has 6 heteroatoms. The first-order valence-corrected chi connectivity index (χ1v) is 8.23. The first-order chi connectivity index (χ1) is 11.4. The number of esters is 1. The number of ether oxygens (including phenoxy) is 1. The molecule has 0 radical (unpaired) electrons. The zero-order chi connectivity index (χ0) is 17.7. The van der Waals surface area contributed by atoms with Gasteiger partial charge in [0.2, 0.25) is 0 Å². The van der Waals surface area contributed by atoms with Gasteiger partial charge in [0.1, 0.15) is 23.8 Å². The number of benzene rings is 1. The Morgan fingerprint density at radius 2 is 2.08 bits per heavy atom. The van der Waals surface area contributed by atoms with Crippen LogP contribution in [0.25, 0.3) is 0 Å². The highest BCUT2D eigenvalue weighted by molar-refractivity contribution is 5.96. The SMILES string of the molecule is CCOC(=O)CC(=O)[C@@H]1CCN(C)[C@H](Cc2cc(F)ccc2F)C1. The Labute approximate surface area is 140 Å². The molecule has 0 spiro atoms. The fraction of sp³-hybridized carbons (Fsp3) is 0.556. The summed E-state index contributed by atoms with van der Waals surface area (Å²) in [6, 6.07) is 3.35. The van der Waals surface area contributed by atoms with Gasteiger partial charge in [-0.2, -0.15) is 0 Å². The first-order valence-electron chi connectivity index (χ1n) is 8.23. The quantitative estimate of drug-likeness (QED) is 0.591. The Hall–Kier alpha value is -1.82. The van der Waals surface area contributed by atoms with E-state index in [1.807, 2.05) is 7.05 Å². The number of halogens is 2. The largest absolute Gasteiger partial charge is 0.466 e. The third-order valence-corrected chi connectivity index (χ3v) is 4.55. The van der Waals surface area contributed by atoms with Crippen molar-refractivity contribution in [3.05, 3.63) is 35.4 Å². The van der Waals surface area contributed by atoms with Gasteiger partial charge in [-0.3, -0.25) is 9.59 Å². The highest BCUT2D eigenvalue weighted by Gasteiger charge is 2.31. The number of rotatable bonds is 6. The van der Waals surface area contributed by atoms with Crippen molar-refractivity contribution in [3.63, 3.8) is 0 Å². The molecular formula is C18H23F2NO3. The molecule has 0 aliphatic carbocycles. The van der Waals surface area contributed by atoms with Crippen molar-refractivity contribution in [3.8, 4) is 0 Å². The van der Waals surface area contributed by atoms with E-state index in [1.165, 1.54) is 6.07 Å². The lowest BCUT2D eigenvalue weighted by atomic mass is 9.84. The van der Waals surface area contributed by atoms with Gasteiger partial charge < -0.3 is 9.64 Å². The fourth-order valence-corrected chi connectivity index (χ4v) is 3.15. The summed E-state index contributed by atoms with van der Waals surface area (Å²) in [6.07, 6.45) is 1.31. The van der Waals surface area contributed by atoms with E-state index < -0.39 is 17.6 Å². The number of hydrogen-bond donors (Lipinski definition) is 0. The second-order valence-electron chi connectivity index (χ2n) is 6.24. The third kappa shape index (κ3) is 4.84. The van der Waals surface area contributed by atoms with Crippen LogP contribution in [0.5, 0.6) is 0 Å². The minimum absolute atomic E-state index is 0.0637. The molecule has 0 bridgehead atoms. The molecule has 0 saturated carbocycles. The summed E-state index contributed by atoms with van der Waals surface area (Å²) in [5.74, 6) is -1.79. The van der Waals surface area contributed by atoms with Gasteiger partial charge in [0, 0.05) is 12.0 Å². The fourth-order valence-electron chi connectivity index (χ4n) is 3.15. The van der Waals surface area contributed by atoms with Crippen LogP contribution in [0, 0.1) is 17.6 Å². The van der Waals surface area contributed by atoms with E-state index in [1.54, 1.807) is 6.92 Å². The van der Waals surface area contributed by atoms with E-state index in [-0.39, 0.29) is 30.8 Å². The zero-order valence-corrected chi connectivity index (χ0v) is 14.1. The third-order valence-electron chi connectivity index (χ3n) is 4.55. The lowest BCUT2D eigenvalue weighted by Crippen LogP contribution is -2.43. The molecule has 0 unspecified atom stereocenters. The molecule has 1 saturated heterocycles. The average molecular weight is 339 g/mol. The topological polar surface area (TPSA) is 46.6 Å². The molecule has 0 N–H and O–H groups in total. The number of likely N-dealkylation sites (tertiary alicyclic amines) is 1. The smallest absolute Gasteiger partial charge is 0.313 e. The molecule has 1 heterocycles. The van der Waals surface area contributed by atoms with Crippen molar-refractivity contribution in [2.24, 2.45) is 5.92 Å². The van der Waals surface area contributed by atoms with Crippen LogP contribution < -0.4 is 0 Å². The number of piperidine rings is 1. The second-order valence-corrected chi connectivity index (χ2v) is 6.24. The van der Waals surface area contributed by atoms with Crippen LogP contribution in [0.2, 0.25) is 0 Å². The summed E-state index contributed by atoms with van der Waals surface area (Å²) in [5, 5.41) is 0. The van der Waals surface area contributed by atoms with E-state index in [9.17, 15) is 18.4 Å². The van der Waals surface area contributed by atoms with Crippen LogP contribution in [0.3, 0.4) is 0 Å². The lowest BCUT2D eigenvalue weighted by molar-refractivity contribution is -0.146. The highest BCUT2D eigenvalue weighted by Crippen LogP contribution is 2.27. The van der Waals surface area contributed by atoms with Gasteiger partial charge in [0.05, 0.1) is 6.61 Å². The highest BCUT2D eigenvalue weighted by atomic mass is 19.1. The Kier molecular flexibility index (Phi) is 6.43. The predicted molar refractivity (Wildman–Crippen MR) is 85.5 cm³/mol. The van der Waals surface area contributed by atoms with Crippen LogP contribution in [0.15, 0.2) is 18.2 Å². The van der Waals surface area contributed by atoms with Crippen molar-refractivity contribution < 1.29 is 23.1 Å². The standard InChI is InChI=1S/C18H23F2NO3/c1-3-24-18(23)11-17(22)12-6-7-21(2)15(9-12)10-13-8-14(19)4-5-16(13)20/h4-5,8,12,15H,3,6-7,9-11H2,1-2H3/t12-,15+/m1/s1. The molecule has 2 rings (SSSR count). The molecule has 2 atom stereocenters. The molecule has 4 nitrogen and oxygen atoms in total. The van der Waals surface area contributed by atoms with Crippen LogP contribution in [-0.2, 0) is 20.7 Å². The zero-order valence-electron chi connectivity index (χ0n) is 14.1. The maximum Gasteiger partial charge on any atom is 0.313 e. The Bertz CT molecular complexity index is 606. The normalized spacial score (nSPS) is 21.5. The number of nitrogens with zero attached hydrogens (tertiary/aromatic N) is 1. The average Bonchev–Trinajstić information content (AvgIpc) is 2.53. The van der Waals surface area contributed by atoms with Crippen LogP contribution in [0.1, 0.15) is 31.7 Å². The molecular weight excluding hydrogens is 316 g/mol. The van der Waals surface area contributed by atoms with Gasteiger partial charge in [-0.25, -0.2) is 8.78 Å². The Balaban J connectivity index is 2.01. The van der Waals surface area contributed by atoms with Gasteiger partial charge >= 0.3 is 5.97 Å². The van der Waals surface area contributed by atoms with E-state index in [0.717, 1.165) is 12.1 Å². The molecule has 1 aromatic rings. The van der Waals surface area contributed by atoms with Gasteiger partial charge in [0.15, 0.2) is 0 Å². The van der Waals surface area contributed by atoms with Gasteiger partial charge in [-0.15, -0.1) is 0 Å². The number of ketones is 1. The molecule has 132 valence electrons. The molecule has 24 heavy (non-hydrogen) atoms. The first kappa shape index (κ1) is 18.5. The summed E-state index contributed by atoms with van der Waals surface area (Å²) in [6.45, 7) is 2.63. The van der Waals surface area contributed by atoms with Crippen molar-refractivity contribution >= 4 is 11.8 Å².